The Balaban J connectivity index is 0.00000150. The Labute approximate surface area is 199 Å². The Morgan fingerprint density at radius 2 is 1.59 bits per heavy atom. The summed E-state index contributed by atoms with van der Waals surface area (Å²) in [6, 6.07) is 13.8. The Hall–Kier alpha value is -0.747. The third-order valence-corrected chi connectivity index (χ3v) is 9.02. The van der Waals surface area contributed by atoms with Crippen LogP contribution in [0.2, 0.25) is 0 Å². The first kappa shape index (κ1) is 24.5. The fraction of sp³-hybridized carbons (Fsp3) is 0.346. The van der Waals surface area contributed by atoms with E-state index >= 15 is 0 Å². The molecule has 0 heterocycles. The summed E-state index contributed by atoms with van der Waals surface area (Å²) < 4.78 is 3.37. The van der Waals surface area contributed by atoms with E-state index in [1.54, 1.807) is 12.0 Å². The molecule has 1 unspecified atom stereocenters. The van der Waals surface area contributed by atoms with Crippen LogP contribution >= 0.6 is 0 Å². The molecule has 0 saturated heterocycles. The number of hydrogen-bond acceptors (Lipinski definition) is 0. The molecule has 2 aliphatic rings. The molecule has 0 saturated carbocycles. The minimum Gasteiger partial charge on any atom is -1.00 e. The van der Waals surface area contributed by atoms with Crippen molar-refractivity contribution in [2.75, 3.05) is 0 Å². The van der Waals surface area contributed by atoms with E-state index in [1.165, 1.54) is 33.4 Å². The third-order valence-electron chi connectivity index (χ3n) is 5.77. The molecule has 1 atom stereocenters. The molecule has 4 rings (SSSR count). The molecule has 2 aromatic rings. The van der Waals surface area contributed by atoms with Gasteiger partial charge in [0, 0.05) is 0 Å². The number of hydrogen-bond donors (Lipinski definition) is 0. The molecule has 0 fully saturated rings. The molecule has 2 aliphatic carbocycles. The molecule has 29 heavy (non-hydrogen) atoms. The first-order valence-electron chi connectivity index (χ1n) is 10.0. The van der Waals surface area contributed by atoms with Gasteiger partial charge in [0.25, 0.3) is 0 Å². The molecule has 0 amide bonds. The van der Waals surface area contributed by atoms with Crippen molar-refractivity contribution in [1.29, 1.82) is 0 Å². The van der Waals surface area contributed by atoms with E-state index in [-0.39, 0.29) is 30.2 Å². The van der Waals surface area contributed by atoms with E-state index in [0.29, 0.717) is 5.92 Å². The molecule has 0 bridgehead atoms. The van der Waals surface area contributed by atoms with Crippen LogP contribution in [0.3, 0.4) is 0 Å². The van der Waals surface area contributed by atoms with Crippen molar-refractivity contribution in [2.24, 2.45) is 11.3 Å². The van der Waals surface area contributed by atoms with Gasteiger partial charge in [-0.3, -0.25) is 0 Å². The summed E-state index contributed by atoms with van der Waals surface area (Å²) in [4.78, 5) is 0. The van der Waals surface area contributed by atoms with Crippen LogP contribution in [-0.4, -0.2) is 3.21 Å². The van der Waals surface area contributed by atoms with Crippen molar-refractivity contribution in [1.82, 2.24) is 0 Å². The molecule has 2 aromatic carbocycles. The maximum Gasteiger partial charge on any atom is -1.00 e. The Morgan fingerprint density at radius 1 is 0.931 bits per heavy atom. The first-order valence-corrected chi connectivity index (χ1v) is 12.5. The largest absolute Gasteiger partial charge is 1.00 e. The number of halogens is 2. The number of fused-ring (bicyclic) bond motifs is 3. The fourth-order valence-electron chi connectivity index (χ4n) is 4.34. The summed E-state index contributed by atoms with van der Waals surface area (Å²) in [5.41, 5.74) is 10.9. The standard InChI is InChI=1S/C23H23.C3H6.2ClH.Zr/c1-15-11-19(23(2,3)4)14-22(15)17-9-10-21-18(13-17)12-16-7-5-6-8-20(16)21;1-3-2;;;/h5-11,14-15H,12H2,1-4H3;1-2H3;2*1H;/q;;;;+2/p-2. The second-order valence-corrected chi connectivity index (χ2v) is 13.5. The summed E-state index contributed by atoms with van der Waals surface area (Å²) >= 11 is -0.725. The minimum atomic E-state index is -0.725. The molecular weight excluding hydrogens is 474 g/mol. The van der Waals surface area contributed by atoms with Gasteiger partial charge in [-0.15, -0.1) is 0 Å². The van der Waals surface area contributed by atoms with Gasteiger partial charge >= 0.3 is 176 Å². The molecule has 0 radical (unpaired) electrons. The number of rotatable bonds is 2. The average Bonchev–Trinajstić information content (AvgIpc) is 3.15. The van der Waals surface area contributed by atoms with E-state index in [0.717, 1.165) is 6.42 Å². The predicted octanol–water partition coefficient (Wildman–Crippen LogP) is 0.191. The maximum atomic E-state index is 2.49. The van der Waals surface area contributed by atoms with Gasteiger partial charge < -0.3 is 24.8 Å². The summed E-state index contributed by atoms with van der Waals surface area (Å²) in [5, 5.41) is 0. The zero-order valence-corrected chi connectivity index (χ0v) is 22.1. The second-order valence-electron chi connectivity index (χ2n) is 9.23. The molecule has 0 nitrogen and oxygen atoms in total. The van der Waals surface area contributed by atoms with Crippen LogP contribution in [0.4, 0.5) is 0 Å². The van der Waals surface area contributed by atoms with E-state index < -0.39 is 22.8 Å². The first-order chi connectivity index (χ1) is 12.8. The van der Waals surface area contributed by atoms with Gasteiger partial charge in [-0.05, 0) is 0 Å². The van der Waals surface area contributed by atoms with Gasteiger partial charge in [-0.2, -0.15) is 0 Å². The van der Waals surface area contributed by atoms with Crippen LogP contribution in [-0.2, 0) is 29.2 Å². The summed E-state index contributed by atoms with van der Waals surface area (Å²) in [5.74, 6) is 0.511. The molecule has 0 aliphatic heterocycles. The molecule has 151 valence electrons. The van der Waals surface area contributed by atoms with Crippen molar-refractivity contribution in [3.63, 3.8) is 0 Å². The summed E-state index contributed by atoms with van der Waals surface area (Å²) in [6.45, 7) is 14.0. The maximum absolute atomic E-state index is 2.49. The van der Waals surface area contributed by atoms with Crippen molar-refractivity contribution in [2.45, 2.75) is 48.0 Å². The van der Waals surface area contributed by atoms with Gasteiger partial charge in [-0.25, -0.2) is 0 Å². The normalized spacial score (nSPS) is 16.6. The van der Waals surface area contributed by atoms with Gasteiger partial charge in [0.15, 0.2) is 0 Å². The number of allylic oxidation sites excluding steroid dienone is 4. The van der Waals surface area contributed by atoms with Gasteiger partial charge in [0.05, 0.1) is 0 Å². The fourth-order valence-corrected chi connectivity index (χ4v) is 7.38. The quantitative estimate of drug-likeness (QED) is 0.469. The zero-order valence-electron chi connectivity index (χ0n) is 18.2. The topological polar surface area (TPSA) is 0 Å². The van der Waals surface area contributed by atoms with Crippen LogP contribution in [0.15, 0.2) is 54.1 Å². The van der Waals surface area contributed by atoms with E-state index in [9.17, 15) is 0 Å². The molecule has 3 heteroatoms. The van der Waals surface area contributed by atoms with Crippen LogP contribution in [0.5, 0.6) is 0 Å². The molecule has 0 spiro atoms. The summed E-state index contributed by atoms with van der Waals surface area (Å²) in [7, 11) is 0. The van der Waals surface area contributed by atoms with Gasteiger partial charge in [0.1, 0.15) is 0 Å². The van der Waals surface area contributed by atoms with Crippen LogP contribution in [0.1, 0.15) is 58.2 Å². The Morgan fingerprint density at radius 3 is 2.21 bits per heavy atom. The van der Waals surface area contributed by atoms with Crippen molar-refractivity contribution in [3.05, 3.63) is 70.8 Å². The molecular formula is C26H29Cl2Zr. The average molecular weight is 504 g/mol. The van der Waals surface area contributed by atoms with Crippen LogP contribution in [0, 0.1) is 11.3 Å². The third kappa shape index (κ3) is 4.63. The van der Waals surface area contributed by atoms with Crippen LogP contribution in [0.25, 0.3) is 16.7 Å². The SMILES string of the molecule is C[C](C)=[Zr+2][c]1c(C2=CC(C(C)(C)C)=CC2C)ccc2c1Cc1ccccc1-2.[Cl-].[Cl-]. The second kappa shape index (κ2) is 9.17. The van der Waals surface area contributed by atoms with Crippen molar-refractivity contribution < 1.29 is 47.6 Å². The van der Waals surface area contributed by atoms with Crippen molar-refractivity contribution in [3.8, 4) is 11.1 Å². The van der Waals surface area contributed by atoms with Gasteiger partial charge in [0.2, 0.25) is 0 Å². The van der Waals surface area contributed by atoms with Crippen molar-refractivity contribution >= 4 is 12.1 Å². The van der Waals surface area contributed by atoms with Gasteiger partial charge in [-0.1, -0.05) is 0 Å². The van der Waals surface area contributed by atoms with Crippen LogP contribution < -0.4 is 28.1 Å². The zero-order chi connectivity index (χ0) is 19.3. The summed E-state index contributed by atoms with van der Waals surface area (Å²) in [6.07, 6.45) is 6.08. The number of benzene rings is 2. The Kier molecular flexibility index (Phi) is 7.76. The predicted molar refractivity (Wildman–Crippen MR) is 115 cm³/mol. The molecule has 0 aromatic heterocycles. The van der Waals surface area contributed by atoms with E-state index in [1.807, 2.05) is 0 Å². The molecule has 0 N–H and O–H groups in total. The Bertz CT molecular complexity index is 1020. The monoisotopic (exact) mass is 501 g/mol. The smallest absolute Gasteiger partial charge is 1.00 e. The van der Waals surface area contributed by atoms with E-state index in [2.05, 4.69) is 90.1 Å². The van der Waals surface area contributed by atoms with E-state index in [4.69, 9.17) is 0 Å². The minimum absolute atomic E-state index is 0.